The first-order valence-corrected chi connectivity index (χ1v) is 8.34. The molecule has 0 spiro atoms. The Morgan fingerprint density at radius 3 is 3.00 bits per heavy atom. The molecular formula is C15H25N3OS. The van der Waals surface area contributed by atoms with E-state index in [0.29, 0.717) is 19.1 Å². The fraction of sp³-hybridized carbons (Fsp3) is 0.667. The number of nitrogens with one attached hydrogen (secondary N) is 1. The summed E-state index contributed by atoms with van der Waals surface area (Å²) < 4.78 is 0. The Kier molecular flexibility index (Phi) is 6.01. The Labute approximate surface area is 125 Å². The first-order chi connectivity index (χ1) is 9.70. The van der Waals surface area contributed by atoms with Gasteiger partial charge in [0.15, 0.2) is 0 Å². The molecule has 0 saturated carbocycles. The second-order valence-electron chi connectivity index (χ2n) is 5.44. The van der Waals surface area contributed by atoms with Gasteiger partial charge in [-0.25, -0.2) is 0 Å². The van der Waals surface area contributed by atoms with Crippen LogP contribution in [0.5, 0.6) is 0 Å². The first-order valence-electron chi connectivity index (χ1n) is 7.40. The molecule has 1 aliphatic rings. The highest BCUT2D eigenvalue weighted by Gasteiger charge is 2.22. The molecule has 1 fully saturated rings. The molecular weight excluding hydrogens is 270 g/mol. The number of nitrogens with zero attached hydrogens (tertiary/aromatic N) is 2. The summed E-state index contributed by atoms with van der Waals surface area (Å²) in [7, 11) is 1.90. The van der Waals surface area contributed by atoms with E-state index in [1.54, 1.807) is 11.3 Å². The molecule has 20 heavy (non-hydrogen) atoms. The maximum Gasteiger partial charge on any atom is 0.236 e. The molecule has 112 valence electrons. The van der Waals surface area contributed by atoms with Crippen LogP contribution < -0.4 is 5.32 Å². The van der Waals surface area contributed by atoms with Crippen LogP contribution in [-0.2, 0) is 11.3 Å². The minimum absolute atomic E-state index is 0.212. The van der Waals surface area contributed by atoms with Gasteiger partial charge in [0, 0.05) is 26.2 Å². The fourth-order valence-electron chi connectivity index (χ4n) is 2.68. The lowest BCUT2D eigenvalue weighted by Gasteiger charge is -2.34. The Morgan fingerprint density at radius 2 is 2.40 bits per heavy atom. The molecule has 1 aromatic rings. The van der Waals surface area contributed by atoms with Crippen LogP contribution in [-0.4, -0.2) is 55.0 Å². The number of hydrogen-bond donors (Lipinski definition) is 1. The summed E-state index contributed by atoms with van der Waals surface area (Å²) in [6.07, 6.45) is 2.41. The Balaban J connectivity index is 1.84. The second-order valence-corrected chi connectivity index (χ2v) is 6.22. The summed E-state index contributed by atoms with van der Waals surface area (Å²) in [5, 5.41) is 7.58. The maximum absolute atomic E-state index is 12.3. The molecule has 1 aromatic heterocycles. The van der Waals surface area contributed by atoms with E-state index in [1.165, 1.54) is 18.4 Å². The number of piperidine rings is 1. The van der Waals surface area contributed by atoms with Crippen LogP contribution in [0, 0.1) is 0 Å². The molecule has 2 heterocycles. The Bertz CT molecular complexity index is 401. The van der Waals surface area contributed by atoms with Gasteiger partial charge in [0.05, 0.1) is 6.54 Å². The van der Waals surface area contributed by atoms with E-state index in [9.17, 15) is 4.79 Å². The number of carbonyl (C=O) groups excluding carboxylic acids is 1. The molecule has 1 unspecified atom stereocenters. The van der Waals surface area contributed by atoms with Crippen molar-refractivity contribution in [3.05, 3.63) is 22.4 Å². The van der Waals surface area contributed by atoms with Gasteiger partial charge in [-0.15, -0.1) is 0 Å². The van der Waals surface area contributed by atoms with Gasteiger partial charge in [0.25, 0.3) is 0 Å². The van der Waals surface area contributed by atoms with E-state index in [2.05, 4.69) is 34.0 Å². The van der Waals surface area contributed by atoms with Crippen molar-refractivity contribution < 1.29 is 4.79 Å². The molecule has 2 rings (SSSR count). The van der Waals surface area contributed by atoms with Crippen molar-refractivity contribution in [1.82, 2.24) is 15.1 Å². The molecule has 0 aliphatic carbocycles. The normalized spacial score (nSPS) is 19.2. The third-order valence-electron chi connectivity index (χ3n) is 3.96. The van der Waals surface area contributed by atoms with E-state index in [4.69, 9.17) is 0 Å². The highest BCUT2D eigenvalue weighted by Crippen LogP contribution is 2.12. The average Bonchev–Trinajstić information content (AvgIpc) is 2.98. The quantitative estimate of drug-likeness (QED) is 0.869. The maximum atomic E-state index is 12.3. The van der Waals surface area contributed by atoms with Crippen molar-refractivity contribution in [1.29, 1.82) is 0 Å². The fourth-order valence-corrected chi connectivity index (χ4v) is 3.34. The standard InChI is InChI=1S/C15H25N3OS/c1-3-18(14-5-4-7-16-9-14)11-15(19)17(2)10-13-6-8-20-12-13/h6,8,12,14,16H,3-5,7,9-11H2,1-2H3. The molecule has 1 atom stereocenters. The van der Waals surface area contributed by atoms with Crippen LogP contribution in [0.15, 0.2) is 16.8 Å². The molecule has 1 amide bonds. The van der Waals surface area contributed by atoms with E-state index in [0.717, 1.165) is 19.6 Å². The van der Waals surface area contributed by atoms with E-state index >= 15 is 0 Å². The third-order valence-corrected chi connectivity index (χ3v) is 4.69. The molecule has 4 nitrogen and oxygen atoms in total. The zero-order valence-electron chi connectivity index (χ0n) is 12.5. The molecule has 0 bridgehead atoms. The van der Waals surface area contributed by atoms with Crippen molar-refractivity contribution in [3.63, 3.8) is 0 Å². The smallest absolute Gasteiger partial charge is 0.236 e. The van der Waals surface area contributed by atoms with Crippen molar-refractivity contribution >= 4 is 17.2 Å². The monoisotopic (exact) mass is 295 g/mol. The summed E-state index contributed by atoms with van der Waals surface area (Å²) >= 11 is 1.68. The van der Waals surface area contributed by atoms with Crippen molar-refractivity contribution in [2.75, 3.05) is 33.2 Å². The van der Waals surface area contributed by atoms with E-state index in [1.807, 2.05) is 11.9 Å². The lowest BCUT2D eigenvalue weighted by atomic mass is 10.1. The SMILES string of the molecule is CCN(CC(=O)N(C)Cc1ccsc1)C1CCCNC1. The van der Waals surface area contributed by atoms with Gasteiger partial charge < -0.3 is 10.2 Å². The van der Waals surface area contributed by atoms with E-state index < -0.39 is 0 Å². The van der Waals surface area contributed by atoms with Crippen LogP contribution in [0.25, 0.3) is 0 Å². The van der Waals surface area contributed by atoms with Gasteiger partial charge in [-0.05, 0) is 48.3 Å². The summed E-state index contributed by atoms with van der Waals surface area (Å²) in [5.74, 6) is 0.212. The zero-order chi connectivity index (χ0) is 14.4. The minimum atomic E-state index is 0.212. The number of rotatable bonds is 6. The molecule has 1 aliphatic heterocycles. The van der Waals surface area contributed by atoms with Crippen molar-refractivity contribution in [2.45, 2.75) is 32.4 Å². The van der Waals surface area contributed by atoms with Crippen LogP contribution in [0.3, 0.4) is 0 Å². The lowest BCUT2D eigenvalue weighted by molar-refractivity contribution is -0.132. The van der Waals surface area contributed by atoms with Gasteiger partial charge in [-0.2, -0.15) is 11.3 Å². The zero-order valence-corrected chi connectivity index (χ0v) is 13.3. The van der Waals surface area contributed by atoms with Crippen LogP contribution >= 0.6 is 11.3 Å². The highest BCUT2D eigenvalue weighted by atomic mass is 32.1. The van der Waals surface area contributed by atoms with Crippen molar-refractivity contribution in [3.8, 4) is 0 Å². The number of likely N-dealkylation sites (N-methyl/N-ethyl adjacent to an activating group) is 2. The topological polar surface area (TPSA) is 35.6 Å². The van der Waals surface area contributed by atoms with Gasteiger partial charge in [0.1, 0.15) is 0 Å². The first kappa shape index (κ1) is 15.5. The molecule has 5 heteroatoms. The number of thiophene rings is 1. The van der Waals surface area contributed by atoms with Crippen LogP contribution in [0.4, 0.5) is 0 Å². The number of amides is 1. The van der Waals surface area contributed by atoms with Gasteiger partial charge in [0.2, 0.25) is 5.91 Å². The molecule has 0 aromatic carbocycles. The van der Waals surface area contributed by atoms with Crippen LogP contribution in [0.2, 0.25) is 0 Å². The van der Waals surface area contributed by atoms with Gasteiger partial charge in [-0.3, -0.25) is 9.69 Å². The number of carbonyl (C=O) groups is 1. The third kappa shape index (κ3) is 4.30. The number of hydrogen-bond acceptors (Lipinski definition) is 4. The lowest BCUT2D eigenvalue weighted by Crippen LogP contribution is -2.49. The summed E-state index contributed by atoms with van der Waals surface area (Å²) in [4.78, 5) is 16.5. The largest absolute Gasteiger partial charge is 0.340 e. The average molecular weight is 295 g/mol. The second kappa shape index (κ2) is 7.76. The molecule has 0 radical (unpaired) electrons. The van der Waals surface area contributed by atoms with Crippen LogP contribution in [0.1, 0.15) is 25.3 Å². The Hall–Kier alpha value is -0.910. The summed E-state index contributed by atoms with van der Waals surface area (Å²) in [5.41, 5.74) is 1.22. The molecule has 1 saturated heterocycles. The minimum Gasteiger partial charge on any atom is -0.340 e. The summed E-state index contributed by atoms with van der Waals surface area (Å²) in [6.45, 7) is 6.44. The van der Waals surface area contributed by atoms with E-state index in [-0.39, 0.29) is 5.91 Å². The molecule has 1 N–H and O–H groups in total. The highest BCUT2D eigenvalue weighted by molar-refractivity contribution is 7.07. The van der Waals surface area contributed by atoms with Crippen molar-refractivity contribution in [2.24, 2.45) is 0 Å². The van der Waals surface area contributed by atoms with Gasteiger partial charge >= 0.3 is 0 Å². The predicted octanol–water partition coefficient (Wildman–Crippen LogP) is 1.78. The predicted molar refractivity (Wildman–Crippen MR) is 83.9 cm³/mol. The summed E-state index contributed by atoms with van der Waals surface area (Å²) in [6, 6.07) is 2.59. The van der Waals surface area contributed by atoms with Gasteiger partial charge in [-0.1, -0.05) is 6.92 Å². The Morgan fingerprint density at radius 1 is 1.55 bits per heavy atom.